The number of nitrogens with one attached hydrogen (secondary N) is 1. The molecular weight excluding hydrogens is 495 g/mol. The van der Waals surface area contributed by atoms with Crippen molar-refractivity contribution in [1.82, 2.24) is 14.5 Å². The lowest BCUT2D eigenvalue weighted by molar-refractivity contribution is -0.117. The summed E-state index contributed by atoms with van der Waals surface area (Å²) < 4.78 is 20.4. The Morgan fingerprint density at radius 1 is 1.08 bits per heavy atom. The predicted octanol–water partition coefficient (Wildman–Crippen LogP) is 5.83. The first-order valence-electron chi connectivity index (χ1n) is 11.6. The van der Waals surface area contributed by atoms with Crippen molar-refractivity contribution in [1.29, 1.82) is 0 Å². The number of benzene rings is 3. The van der Waals surface area contributed by atoms with E-state index in [1.807, 2.05) is 50.2 Å². The number of methoxy groups -OCH3 is 1. The topological polar surface area (TPSA) is 76.5 Å². The van der Waals surface area contributed by atoms with Gasteiger partial charge in [-0.15, -0.1) is 0 Å². The van der Waals surface area contributed by atoms with Crippen molar-refractivity contribution >= 4 is 29.4 Å². The van der Waals surface area contributed by atoms with Crippen molar-refractivity contribution in [2.45, 2.75) is 19.9 Å². The van der Waals surface area contributed by atoms with E-state index in [4.69, 9.17) is 16.3 Å². The van der Waals surface area contributed by atoms with Gasteiger partial charge in [0.25, 0.3) is 5.91 Å². The number of carbonyl (C=O) groups is 2. The summed E-state index contributed by atoms with van der Waals surface area (Å²) in [6.07, 6.45) is 1.80. The standard InChI is InChI=1S/C28H26ClFN4O3/c1-18(2)33(27(36)20-9-13-22(30)14-10-20)17-26(35)32-28-31-25(19-7-11-21(29)12-8-19)16-34(28)23-5-4-6-24(15-23)37-3/h4-16,18H,17H2,1-3H3,(H,31,32,35). The summed E-state index contributed by atoms with van der Waals surface area (Å²) >= 11 is 6.04. The zero-order valence-corrected chi connectivity index (χ0v) is 21.4. The first-order chi connectivity index (χ1) is 17.7. The summed E-state index contributed by atoms with van der Waals surface area (Å²) in [4.78, 5) is 32.3. The van der Waals surface area contributed by atoms with Crippen LogP contribution in [0.4, 0.5) is 10.3 Å². The highest BCUT2D eigenvalue weighted by Gasteiger charge is 2.23. The van der Waals surface area contributed by atoms with Crippen molar-refractivity contribution in [3.8, 4) is 22.7 Å². The van der Waals surface area contributed by atoms with Crippen LogP contribution >= 0.6 is 11.6 Å². The summed E-state index contributed by atoms with van der Waals surface area (Å²) in [6.45, 7) is 3.41. The molecule has 0 saturated heterocycles. The van der Waals surface area contributed by atoms with Gasteiger partial charge in [0.05, 0.1) is 18.5 Å². The van der Waals surface area contributed by atoms with Crippen molar-refractivity contribution in [3.05, 3.63) is 95.4 Å². The van der Waals surface area contributed by atoms with E-state index in [9.17, 15) is 14.0 Å². The molecule has 2 amide bonds. The Hall–Kier alpha value is -4.17. The molecule has 3 aromatic carbocycles. The molecule has 4 rings (SSSR count). The second kappa shape index (κ2) is 11.3. The number of imidazole rings is 1. The SMILES string of the molecule is COc1cccc(-n2cc(-c3ccc(Cl)cc3)nc2NC(=O)CN(C(=O)c2ccc(F)cc2)C(C)C)c1. The second-order valence-corrected chi connectivity index (χ2v) is 9.05. The summed E-state index contributed by atoms with van der Waals surface area (Å²) in [5, 5.41) is 3.44. The molecule has 0 fully saturated rings. The third-order valence-electron chi connectivity index (χ3n) is 5.72. The van der Waals surface area contributed by atoms with E-state index in [0.29, 0.717) is 22.0 Å². The summed E-state index contributed by atoms with van der Waals surface area (Å²) in [5.41, 5.74) is 2.46. The molecular formula is C28H26ClFN4O3. The zero-order chi connectivity index (χ0) is 26.5. The molecule has 37 heavy (non-hydrogen) atoms. The molecule has 7 nitrogen and oxygen atoms in total. The molecule has 0 atom stereocenters. The highest BCUT2D eigenvalue weighted by Crippen LogP contribution is 2.27. The van der Waals surface area contributed by atoms with E-state index < -0.39 is 11.7 Å². The Labute approximate surface area is 219 Å². The molecule has 4 aromatic rings. The van der Waals surface area contributed by atoms with Gasteiger partial charge in [0.1, 0.15) is 18.1 Å². The maximum Gasteiger partial charge on any atom is 0.254 e. The number of aromatic nitrogens is 2. The molecule has 0 aliphatic heterocycles. The maximum absolute atomic E-state index is 13.3. The normalized spacial score (nSPS) is 10.9. The fraction of sp³-hybridized carbons (Fsp3) is 0.179. The largest absolute Gasteiger partial charge is 0.497 e. The average Bonchev–Trinajstić information content (AvgIpc) is 3.31. The van der Waals surface area contributed by atoms with Crippen LogP contribution in [-0.4, -0.2) is 46.0 Å². The quantitative estimate of drug-likeness (QED) is 0.317. The number of anilines is 1. The third-order valence-corrected chi connectivity index (χ3v) is 5.97. The smallest absolute Gasteiger partial charge is 0.254 e. The minimum atomic E-state index is -0.439. The maximum atomic E-state index is 13.3. The van der Waals surface area contributed by atoms with Crippen LogP contribution < -0.4 is 10.1 Å². The minimum Gasteiger partial charge on any atom is -0.497 e. The molecule has 190 valence electrons. The lowest BCUT2D eigenvalue weighted by atomic mass is 10.1. The van der Waals surface area contributed by atoms with Gasteiger partial charge in [-0.1, -0.05) is 29.8 Å². The van der Waals surface area contributed by atoms with Crippen molar-refractivity contribution < 1.29 is 18.7 Å². The predicted molar refractivity (Wildman–Crippen MR) is 142 cm³/mol. The number of amides is 2. The molecule has 0 saturated carbocycles. The molecule has 1 aromatic heterocycles. The average molecular weight is 521 g/mol. The lowest BCUT2D eigenvalue weighted by Crippen LogP contribution is -2.42. The molecule has 0 spiro atoms. The van der Waals surface area contributed by atoms with Gasteiger partial charge in [-0.25, -0.2) is 9.37 Å². The van der Waals surface area contributed by atoms with Crippen LogP contribution in [0.3, 0.4) is 0 Å². The molecule has 9 heteroatoms. The van der Waals surface area contributed by atoms with Gasteiger partial charge in [0.2, 0.25) is 11.9 Å². The van der Waals surface area contributed by atoms with Gasteiger partial charge in [0, 0.05) is 34.5 Å². The van der Waals surface area contributed by atoms with Gasteiger partial charge < -0.3 is 9.64 Å². The van der Waals surface area contributed by atoms with Crippen LogP contribution in [0.2, 0.25) is 5.02 Å². The first-order valence-corrected chi connectivity index (χ1v) is 12.0. The third kappa shape index (κ3) is 6.16. The Morgan fingerprint density at radius 2 is 1.78 bits per heavy atom. The minimum absolute atomic E-state index is 0.213. The van der Waals surface area contributed by atoms with E-state index in [1.165, 1.54) is 29.2 Å². The van der Waals surface area contributed by atoms with E-state index in [-0.39, 0.29) is 24.4 Å². The molecule has 1 heterocycles. The van der Waals surface area contributed by atoms with E-state index in [0.717, 1.165) is 11.3 Å². The monoisotopic (exact) mass is 520 g/mol. The van der Waals surface area contributed by atoms with E-state index in [1.54, 1.807) is 30.0 Å². The number of carbonyl (C=O) groups excluding carboxylic acids is 2. The number of hydrogen-bond acceptors (Lipinski definition) is 4. The summed E-state index contributed by atoms with van der Waals surface area (Å²) in [5.74, 6) is -0.315. The van der Waals surface area contributed by atoms with Crippen LogP contribution in [0.25, 0.3) is 16.9 Å². The zero-order valence-electron chi connectivity index (χ0n) is 20.6. The van der Waals surface area contributed by atoms with E-state index >= 15 is 0 Å². The highest BCUT2D eigenvalue weighted by atomic mass is 35.5. The number of rotatable bonds is 8. The van der Waals surface area contributed by atoms with Crippen LogP contribution in [0.5, 0.6) is 5.75 Å². The molecule has 0 aliphatic carbocycles. The number of ether oxygens (including phenoxy) is 1. The Kier molecular flexibility index (Phi) is 7.89. The number of halogens is 2. The van der Waals surface area contributed by atoms with Crippen molar-refractivity contribution in [2.75, 3.05) is 19.0 Å². The number of nitrogens with zero attached hydrogens (tertiary/aromatic N) is 3. The fourth-order valence-electron chi connectivity index (χ4n) is 3.75. The Morgan fingerprint density at radius 3 is 2.43 bits per heavy atom. The van der Waals surface area contributed by atoms with Gasteiger partial charge in [-0.3, -0.25) is 19.5 Å². The summed E-state index contributed by atoms with van der Waals surface area (Å²) in [6, 6.07) is 19.5. The first kappa shape index (κ1) is 25.9. The van der Waals surface area contributed by atoms with Gasteiger partial charge in [-0.2, -0.15) is 0 Å². The molecule has 0 bridgehead atoms. The van der Waals surface area contributed by atoms with Crippen LogP contribution in [0.1, 0.15) is 24.2 Å². The molecule has 0 radical (unpaired) electrons. The highest BCUT2D eigenvalue weighted by molar-refractivity contribution is 6.30. The van der Waals surface area contributed by atoms with Crippen LogP contribution in [0, 0.1) is 5.82 Å². The summed E-state index contributed by atoms with van der Waals surface area (Å²) in [7, 11) is 1.58. The van der Waals surface area contributed by atoms with Crippen molar-refractivity contribution in [3.63, 3.8) is 0 Å². The van der Waals surface area contributed by atoms with Gasteiger partial charge in [0.15, 0.2) is 0 Å². The van der Waals surface area contributed by atoms with Crippen LogP contribution in [0.15, 0.2) is 79.0 Å². The molecule has 1 N–H and O–H groups in total. The van der Waals surface area contributed by atoms with Gasteiger partial charge >= 0.3 is 0 Å². The number of hydrogen-bond donors (Lipinski definition) is 1. The lowest BCUT2D eigenvalue weighted by Gasteiger charge is -2.26. The van der Waals surface area contributed by atoms with E-state index in [2.05, 4.69) is 10.3 Å². The van der Waals surface area contributed by atoms with Crippen LogP contribution in [-0.2, 0) is 4.79 Å². The van der Waals surface area contributed by atoms with Crippen molar-refractivity contribution in [2.24, 2.45) is 0 Å². The molecule has 0 aliphatic rings. The Balaban J connectivity index is 1.63. The fourth-order valence-corrected chi connectivity index (χ4v) is 3.88. The molecule has 0 unspecified atom stereocenters. The second-order valence-electron chi connectivity index (χ2n) is 8.61. The van der Waals surface area contributed by atoms with Gasteiger partial charge in [-0.05, 0) is 62.4 Å². The Bertz CT molecular complexity index is 1400.